The van der Waals surface area contributed by atoms with Crippen LogP contribution in [0.1, 0.15) is 118 Å². The van der Waals surface area contributed by atoms with Gasteiger partial charge in [-0.2, -0.15) is 189 Å². The number of carbonyl (C=O) groups is 7. The maximum absolute atomic E-state index is 13.5. The van der Waals surface area contributed by atoms with Crippen molar-refractivity contribution in [2.24, 2.45) is 29.6 Å². The van der Waals surface area contributed by atoms with Gasteiger partial charge in [0, 0.05) is 42.9 Å². The van der Waals surface area contributed by atoms with Crippen LogP contribution in [0.4, 0.5) is 193 Å². The zero-order valence-electron chi connectivity index (χ0n) is 65.8. The monoisotopic (exact) mass is 1970 g/mol. The number of ketones is 1. The highest BCUT2D eigenvalue weighted by atomic mass is 19.5. The third-order valence-electron chi connectivity index (χ3n) is 17.7. The number of ether oxygens (including phenoxy) is 6. The van der Waals surface area contributed by atoms with Gasteiger partial charge in [-0.05, 0) is 69.1 Å². The summed E-state index contributed by atoms with van der Waals surface area (Å²) >= 11 is 0. The molecule has 3 aliphatic rings. The topological polar surface area (TPSA) is 175 Å². The molecule has 0 aliphatic heterocycles. The SMILES string of the molecule is C=C(C)C(=O)OCCCCCCCCCC.C=CC(=O)OCC.C=CC(=O)OCC(=O)CC(F)(F)C(F)(F)C(F)(F)C(F)(F)C(F)(F)C(F)(F)F.C=CC(=O)OCC1CC2C(C1)[C@H]1C=C[C@@H]2C1.C=CC(=O)OCCC(F)(F)C(F)(F)C(F)(F)C(F)(F)C(F)(C(F)(F)F)C(F)(F)F.C=CC(=O)OCCC(F)(F)C(F)(F)C(F)(F)C(F)(F)C(F)(F)C(F)(F)C(F)(F)C(C)(F)F. The first-order valence-electron chi connectivity index (χ1n) is 35.3. The van der Waals surface area contributed by atoms with Crippen molar-refractivity contribution in [2.75, 3.05) is 39.6 Å². The van der Waals surface area contributed by atoms with Crippen LogP contribution in [0, 0.1) is 29.6 Å². The molecule has 3 unspecified atom stereocenters. The Morgan fingerprint density at radius 2 is 0.633 bits per heavy atom. The fourth-order valence-electron chi connectivity index (χ4n) is 10.6. The van der Waals surface area contributed by atoms with Crippen molar-refractivity contribution in [3.8, 4) is 0 Å². The third-order valence-corrected chi connectivity index (χ3v) is 17.7. The lowest BCUT2D eigenvalue weighted by Gasteiger charge is -2.43. The molecule has 57 heteroatoms. The molecule has 13 nitrogen and oxygen atoms in total. The van der Waals surface area contributed by atoms with Crippen molar-refractivity contribution in [3.63, 3.8) is 0 Å². The minimum Gasteiger partial charge on any atom is -0.463 e. The molecule has 2 fully saturated rings. The number of Topliss-reactive ketones (excluding diaryl/α,β-unsaturated/α-hetero) is 1. The highest BCUT2D eigenvalue weighted by Crippen LogP contribution is 2.68. The van der Waals surface area contributed by atoms with Crippen molar-refractivity contribution in [3.05, 3.63) is 87.6 Å². The smallest absolute Gasteiger partial charge is 0.460 e. The predicted molar refractivity (Wildman–Crippen MR) is 351 cm³/mol. The van der Waals surface area contributed by atoms with Gasteiger partial charge in [0.05, 0.1) is 52.3 Å². The van der Waals surface area contributed by atoms with Gasteiger partial charge in [-0.3, -0.25) is 4.79 Å². The fourth-order valence-corrected chi connectivity index (χ4v) is 10.6. The van der Waals surface area contributed by atoms with Crippen molar-refractivity contribution < 1.29 is 255 Å². The second-order valence-corrected chi connectivity index (χ2v) is 27.2. The van der Waals surface area contributed by atoms with Crippen LogP contribution >= 0.6 is 0 Å². The average Bonchev–Trinajstić information content (AvgIpc) is 0.823. The van der Waals surface area contributed by atoms with Gasteiger partial charge in [0.25, 0.3) is 0 Å². The Labute approximate surface area is 695 Å². The number of unbranched alkanes of at least 4 members (excludes halogenated alkanes) is 7. The lowest BCUT2D eigenvalue weighted by atomic mass is 9.85. The molecule has 3 rings (SSSR count). The zero-order valence-corrected chi connectivity index (χ0v) is 65.8. The van der Waals surface area contributed by atoms with E-state index in [4.69, 9.17) is 9.47 Å². The van der Waals surface area contributed by atoms with E-state index in [1.54, 1.807) is 13.8 Å². The molecule has 5 atom stereocenters. The first-order chi connectivity index (χ1) is 57.0. The number of allylic oxidation sites excluding steroid dienone is 2. The summed E-state index contributed by atoms with van der Waals surface area (Å²) < 4.78 is 597. The number of halogens is 44. The van der Waals surface area contributed by atoms with Crippen LogP contribution in [-0.2, 0) is 62.0 Å². The maximum atomic E-state index is 13.5. The summed E-state index contributed by atoms with van der Waals surface area (Å²) in [5.41, 5.74) is -7.84. The van der Waals surface area contributed by atoms with Crippen molar-refractivity contribution in [1.29, 1.82) is 0 Å². The Hall–Kier alpha value is -8.41. The molecule has 2 bridgehead atoms. The van der Waals surface area contributed by atoms with Crippen molar-refractivity contribution in [1.82, 2.24) is 0 Å². The Morgan fingerprint density at radius 3 is 0.945 bits per heavy atom. The Bertz CT molecular complexity index is 3690. The van der Waals surface area contributed by atoms with Crippen molar-refractivity contribution >= 4 is 41.6 Å². The maximum Gasteiger partial charge on any atom is 0.460 e. The van der Waals surface area contributed by atoms with E-state index >= 15 is 0 Å². The minimum atomic E-state index is -8.46. The van der Waals surface area contributed by atoms with Crippen LogP contribution < -0.4 is 0 Å². The summed E-state index contributed by atoms with van der Waals surface area (Å²) in [6, 6.07) is 0. The quantitative estimate of drug-likeness (QED) is 0.0141. The number of esters is 6. The van der Waals surface area contributed by atoms with E-state index in [2.05, 4.69) is 77.5 Å². The molecule has 0 aromatic carbocycles. The second-order valence-electron chi connectivity index (χ2n) is 27.2. The van der Waals surface area contributed by atoms with E-state index in [1.165, 1.54) is 63.9 Å². The van der Waals surface area contributed by atoms with Gasteiger partial charge in [-0.15, -0.1) is 0 Å². The van der Waals surface area contributed by atoms with Gasteiger partial charge >= 0.3 is 161 Å². The second kappa shape index (κ2) is 45.6. The molecule has 0 radical (unpaired) electrons. The van der Waals surface area contributed by atoms with E-state index in [0.717, 1.165) is 42.6 Å². The summed E-state index contributed by atoms with van der Waals surface area (Å²) in [7, 11) is 0. The zero-order chi connectivity index (χ0) is 102. The fraction of sp³-hybridized carbons (Fsp3) is 0.704. The van der Waals surface area contributed by atoms with Crippen LogP contribution in [0.2, 0.25) is 0 Å². The van der Waals surface area contributed by atoms with Crippen LogP contribution in [0.5, 0.6) is 0 Å². The van der Waals surface area contributed by atoms with Crippen molar-refractivity contribution in [2.45, 2.75) is 242 Å². The van der Waals surface area contributed by atoms with E-state index < -0.39 is 195 Å². The Balaban J connectivity index is -0.00000152. The Kier molecular flexibility index (Phi) is 44.1. The van der Waals surface area contributed by atoms with Gasteiger partial charge in [-0.25, -0.2) is 33.2 Å². The molecule has 128 heavy (non-hydrogen) atoms. The van der Waals surface area contributed by atoms with E-state index in [0.29, 0.717) is 37.4 Å². The standard InChI is InChI=1S/C14H10F16O2.C14H18O2.C14H26O2.C12H7F15O2.C12H7F13O3.C5H8O2/c1-3-6(31)32-5-4-8(17,18)10(21,22)12(25,26)14(29,30)13(27,28)11(23,24)9(19,20)7(2,15)16;1-2-14(15)16-8-9-5-12-10-3-4-11(7-10)13(12)6-9;1-4-5-6-7-8-9-10-11-12-16-14(15)13(2)3;1-2-5(28)29-4-3-6(13,14)8(16,17)10(20,21)9(18,19)7(15,11(22,23)24)12(25,26)27;1-2-6(27)28-4-5(26)3-7(13,14)8(15,16)9(17,18)10(19,20)11(21,22)12(23,24)25;1-3-5(6)7-4-2/h3H,1,4-5H2,2H3;2-4,9-13H,1,5-8H2;2,4-12H2,1,3H3;2H,1,3-4H2;2H,1,3-4H2;3H,1,4H2,2H3/t;9?,10-,11+,12?,13?;;;;. The normalized spacial score (nSPS) is 17.6. The molecule has 0 N–H and O–H groups in total. The molecular formula is C71H76F44O13. The highest BCUT2D eigenvalue weighted by Gasteiger charge is 2.97. The van der Waals surface area contributed by atoms with Gasteiger partial charge in [0.15, 0.2) is 12.4 Å². The van der Waals surface area contributed by atoms with Gasteiger partial charge in [0.1, 0.15) is 0 Å². The third kappa shape index (κ3) is 27.8. The molecule has 3 aliphatic carbocycles. The van der Waals surface area contributed by atoms with E-state index in [9.17, 15) is 227 Å². The molecule has 0 spiro atoms. The summed E-state index contributed by atoms with van der Waals surface area (Å²) in [5.74, 6) is -134. The number of hydrogen-bond acceptors (Lipinski definition) is 13. The highest BCUT2D eigenvalue weighted by molar-refractivity contribution is 5.87. The van der Waals surface area contributed by atoms with E-state index in [1.807, 2.05) is 0 Å². The number of hydrogen-bond donors (Lipinski definition) is 0. The largest absolute Gasteiger partial charge is 0.463 e. The lowest BCUT2D eigenvalue weighted by Crippen LogP contribution is -2.75. The first-order valence-corrected chi connectivity index (χ1v) is 35.3. The molecule has 0 amide bonds. The molecular weight excluding hydrogens is 1900 g/mol. The molecule has 0 aromatic heterocycles. The summed E-state index contributed by atoms with van der Waals surface area (Å²) in [6.45, 7) is 18.6. The molecule has 0 heterocycles. The first kappa shape index (κ1) is 124. The number of rotatable bonds is 43. The molecule has 2 saturated carbocycles. The van der Waals surface area contributed by atoms with Gasteiger partial charge < -0.3 is 28.4 Å². The lowest BCUT2D eigenvalue weighted by molar-refractivity contribution is -0.457. The van der Waals surface area contributed by atoms with Crippen LogP contribution in [0.25, 0.3) is 0 Å². The van der Waals surface area contributed by atoms with Gasteiger partial charge in [0.2, 0.25) is 0 Å². The minimum absolute atomic E-state index is 0.228. The summed E-state index contributed by atoms with van der Waals surface area (Å²) in [4.78, 5) is 74.7. The summed E-state index contributed by atoms with van der Waals surface area (Å²) in [5, 5.41) is 0. The molecule has 0 saturated heterocycles. The van der Waals surface area contributed by atoms with Crippen LogP contribution in [0.3, 0.4) is 0 Å². The molecule has 746 valence electrons. The molecule has 0 aromatic rings. The van der Waals surface area contributed by atoms with Crippen LogP contribution in [0.15, 0.2) is 87.6 Å². The summed E-state index contributed by atoms with van der Waals surface area (Å²) in [6.07, 6.45) is -10.1. The average molecular weight is 1970 g/mol. The van der Waals surface area contributed by atoms with Gasteiger partial charge in [-0.1, -0.05) is 103 Å². The number of carbonyl (C=O) groups excluding carboxylic acids is 7. The van der Waals surface area contributed by atoms with E-state index in [-0.39, 0.29) is 30.1 Å². The predicted octanol–water partition coefficient (Wildman–Crippen LogP) is 23.6. The number of fused-ring (bicyclic) bond motifs is 5. The number of alkyl halides is 44. The van der Waals surface area contributed by atoms with Crippen LogP contribution in [-0.4, -0.2) is 206 Å². The Morgan fingerprint density at radius 1 is 0.336 bits per heavy atom.